The van der Waals surface area contributed by atoms with E-state index in [0.29, 0.717) is 5.06 Å². The number of carbonyl (C=O) groups is 4. The van der Waals surface area contributed by atoms with Crippen molar-refractivity contribution in [2.45, 2.75) is 6.42 Å². The fourth-order valence-electron chi connectivity index (χ4n) is 1.73. The quantitative estimate of drug-likeness (QED) is 0.473. The van der Waals surface area contributed by atoms with E-state index in [0.717, 1.165) is 0 Å². The molecule has 1 N–H and O–H groups in total. The molecule has 0 aliphatic carbocycles. The summed E-state index contributed by atoms with van der Waals surface area (Å²) in [6.07, 6.45) is 4.30. The van der Waals surface area contributed by atoms with Gasteiger partial charge in [-0.3, -0.25) is 14.4 Å². The first-order valence-electron chi connectivity index (χ1n) is 5.93. The predicted molar refractivity (Wildman–Crippen MR) is 69.5 cm³/mol. The van der Waals surface area contributed by atoms with Crippen LogP contribution in [0.25, 0.3) is 0 Å². The molecule has 1 aliphatic heterocycles. The van der Waals surface area contributed by atoms with Crippen molar-refractivity contribution in [3.63, 3.8) is 0 Å². The summed E-state index contributed by atoms with van der Waals surface area (Å²) in [5.41, 5.74) is 0.291. The predicted octanol–water partition coefficient (Wildman–Crippen LogP) is -0.120. The van der Waals surface area contributed by atoms with Crippen LogP contribution in [-0.2, 0) is 14.4 Å². The summed E-state index contributed by atoms with van der Waals surface area (Å²) in [6.45, 7) is -0.0286. The molecule has 1 aromatic rings. The minimum atomic E-state index is -1.03. The van der Waals surface area contributed by atoms with Gasteiger partial charge in [0.1, 0.15) is 6.42 Å². The highest BCUT2D eigenvalue weighted by molar-refractivity contribution is 6.21. The van der Waals surface area contributed by atoms with E-state index in [-0.39, 0.29) is 17.7 Å². The first-order valence-corrected chi connectivity index (χ1v) is 5.93. The van der Waals surface area contributed by atoms with Gasteiger partial charge >= 0.3 is 5.97 Å². The maximum Gasteiger partial charge on any atom is 0.342 e. The van der Waals surface area contributed by atoms with Crippen molar-refractivity contribution in [2.24, 2.45) is 0 Å². The normalized spacial score (nSPS) is 12.6. The maximum absolute atomic E-state index is 11.9. The van der Waals surface area contributed by atoms with E-state index in [4.69, 9.17) is 6.42 Å². The van der Waals surface area contributed by atoms with Gasteiger partial charge in [0.2, 0.25) is 5.91 Å². The fraction of sp³-hybridized carbons (Fsp3) is 0.143. The minimum absolute atomic E-state index is 0.0286. The molecule has 0 aromatic heterocycles. The molecule has 106 valence electrons. The highest BCUT2D eigenvalue weighted by Crippen LogP contribution is 2.22. The molecule has 0 atom stereocenters. The van der Waals surface area contributed by atoms with Crippen LogP contribution >= 0.6 is 0 Å². The van der Waals surface area contributed by atoms with Crippen LogP contribution in [0.2, 0.25) is 0 Å². The Morgan fingerprint density at radius 1 is 1.19 bits per heavy atom. The Labute approximate surface area is 119 Å². The summed E-state index contributed by atoms with van der Waals surface area (Å²) in [5, 5.41) is 2.61. The molecule has 0 bridgehead atoms. The van der Waals surface area contributed by atoms with E-state index in [1.807, 2.05) is 0 Å². The molecule has 0 unspecified atom stereocenters. The Kier molecular flexibility index (Phi) is 4.00. The molecule has 0 fully saturated rings. The molecule has 7 nitrogen and oxygen atoms in total. The average molecular weight is 286 g/mol. The number of nitrogens with zero attached hydrogens (tertiary/aromatic N) is 1. The van der Waals surface area contributed by atoms with Crippen LogP contribution in [-0.4, -0.2) is 35.3 Å². The van der Waals surface area contributed by atoms with Gasteiger partial charge in [0.15, 0.2) is 0 Å². The summed E-state index contributed by atoms with van der Waals surface area (Å²) < 4.78 is 0. The lowest BCUT2D eigenvalue weighted by atomic mass is 10.1. The second-order valence-corrected chi connectivity index (χ2v) is 4.07. The second kappa shape index (κ2) is 5.88. The summed E-state index contributed by atoms with van der Waals surface area (Å²) in [7, 11) is 0. The van der Waals surface area contributed by atoms with Gasteiger partial charge in [-0.15, -0.1) is 6.42 Å². The van der Waals surface area contributed by atoms with Crippen LogP contribution in [0.1, 0.15) is 27.1 Å². The van der Waals surface area contributed by atoms with Crippen molar-refractivity contribution in [3.8, 4) is 12.3 Å². The van der Waals surface area contributed by atoms with Crippen molar-refractivity contribution >= 4 is 23.7 Å². The monoisotopic (exact) mass is 286 g/mol. The number of hydrogen-bond acceptors (Lipinski definition) is 5. The third kappa shape index (κ3) is 2.90. The molecule has 2 rings (SSSR count). The first kappa shape index (κ1) is 14.3. The molecule has 0 saturated heterocycles. The highest BCUT2D eigenvalue weighted by Gasteiger charge is 2.38. The van der Waals surface area contributed by atoms with E-state index < -0.39 is 30.1 Å². The van der Waals surface area contributed by atoms with Crippen molar-refractivity contribution in [2.75, 3.05) is 6.54 Å². The number of imide groups is 1. The van der Waals surface area contributed by atoms with Gasteiger partial charge in [0.25, 0.3) is 11.8 Å². The van der Waals surface area contributed by atoms with Gasteiger partial charge in [-0.2, -0.15) is 0 Å². The number of benzene rings is 1. The molecule has 21 heavy (non-hydrogen) atoms. The fourth-order valence-corrected chi connectivity index (χ4v) is 1.73. The lowest BCUT2D eigenvalue weighted by Gasteiger charge is -2.12. The standard InChI is InChI=1S/C14H10N2O5/c1-2-7-15-11(17)8-12(18)21-16-13(19)9-5-3-4-6-10(9)14(16)20/h1,3-6H,7-8H2,(H,15,17). The molecular formula is C14H10N2O5. The zero-order valence-corrected chi connectivity index (χ0v) is 10.8. The van der Waals surface area contributed by atoms with Crippen molar-refractivity contribution < 1.29 is 24.0 Å². The van der Waals surface area contributed by atoms with Gasteiger partial charge < -0.3 is 10.2 Å². The van der Waals surface area contributed by atoms with E-state index in [2.05, 4.69) is 16.1 Å². The van der Waals surface area contributed by atoms with Crippen LogP contribution in [0.4, 0.5) is 0 Å². The molecule has 0 radical (unpaired) electrons. The second-order valence-electron chi connectivity index (χ2n) is 4.07. The first-order chi connectivity index (χ1) is 10.0. The third-order valence-corrected chi connectivity index (χ3v) is 2.64. The number of amides is 3. The average Bonchev–Trinajstić information content (AvgIpc) is 2.71. The summed E-state index contributed by atoms with van der Waals surface area (Å²) in [5.74, 6) is -1.00. The molecule has 0 saturated carbocycles. The number of nitrogens with one attached hydrogen (secondary N) is 1. The minimum Gasteiger partial charge on any atom is -0.345 e. The van der Waals surface area contributed by atoms with Gasteiger partial charge in [-0.25, -0.2) is 4.79 Å². The lowest BCUT2D eigenvalue weighted by molar-refractivity contribution is -0.169. The largest absolute Gasteiger partial charge is 0.345 e. The van der Waals surface area contributed by atoms with Crippen LogP contribution in [0.15, 0.2) is 24.3 Å². The molecule has 1 aliphatic rings. The van der Waals surface area contributed by atoms with Crippen molar-refractivity contribution in [1.82, 2.24) is 10.4 Å². The van der Waals surface area contributed by atoms with Gasteiger partial charge in [-0.1, -0.05) is 23.1 Å². The van der Waals surface area contributed by atoms with Gasteiger partial charge in [0.05, 0.1) is 17.7 Å². The van der Waals surface area contributed by atoms with Crippen LogP contribution in [0.5, 0.6) is 0 Å². The Morgan fingerprint density at radius 2 is 1.76 bits per heavy atom. The van der Waals surface area contributed by atoms with Gasteiger partial charge in [0, 0.05) is 0 Å². The summed E-state index contributed by atoms with van der Waals surface area (Å²) in [6, 6.07) is 6.07. The highest BCUT2D eigenvalue weighted by atomic mass is 16.7. The Hall–Kier alpha value is -3.14. The molecule has 1 heterocycles. The molecule has 7 heteroatoms. The van der Waals surface area contributed by atoms with Gasteiger partial charge in [-0.05, 0) is 12.1 Å². The molecule has 1 aromatic carbocycles. The summed E-state index contributed by atoms with van der Waals surface area (Å²) >= 11 is 0. The zero-order valence-electron chi connectivity index (χ0n) is 10.8. The Morgan fingerprint density at radius 3 is 2.29 bits per heavy atom. The maximum atomic E-state index is 11.9. The molecular weight excluding hydrogens is 276 g/mol. The van der Waals surface area contributed by atoms with E-state index in [9.17, 15) is 19.2 Å². The topological polar surface area (TPSA) is 92.8 Å². The van der Waals surface area contributed by atoms with E-state index in [1.165, 1.54) is 12.1 Å². The van der Waals surface area contributed by atoms with Crippen molar-refractivity contribution in [3.05, 3.63) is 35.4 Å². The zero-order chi connectivity index (χ0) is 15.4. The SMILES string of the molecule is C#CCNC(=O)CC(=O)ON1C(=O)c2ccccc2C1=O. The Balaban J connectivity index is 2.01. The van der Waals surface area contributed by atoms with Crippen LogP contribution in [0, 0.1) is 12.3 Å². The Bertz CT molecular complexity index is 639. The number of hydrogen-bond donors (Lipinski definition) is 1. The molecule has 0 spiro atoms. The van der Waals surface area contributed by atoms with Crippen LogP contribution in [0.3, 0.4) is 0 Å². The number of fused-ring (bicyclic) bond motifs is 1. The lowest BCUT2D eigenvalue weighted by Crippen LogP contribution is -2.35. The number of carbonyl (C=O) groups excluding carboxylic acids is 4. The van der Waals surface area contributed by atoms with E-state index >= 15 is 0 Å². The number of terminal acetylenes is 1. The summed E-state index contributed by atoms with van der Waals surface area (Å²) in [4.78, 5) is 51.3. The smallest absolute Gasteiger partial charge is 0.342 e. The third-order valence-electron chi connectivity index (χ3n) is 2.64. The molecule has 3 amide bonds. The van der Waals surface area contributed by atoms with E-state index in [1.54, 1.807) is 12.1 Å². The van der Waals surface area contributed by atoms with Crippen molar-refractivity contribution in [1.29, 1.82) is 0 Å². The number of rotatable bonds is 4. The van der Waals surface area contributed by atoms with Crippen LogP contribution < -0.4 is 5.32 Å². The number of hydroxylamine groups is 2.